The van der Waals surface area contributed by atoms with E-state index in [9.17, 15) is 4.79 Å². The highest BCUT2D eigenvalue weighted by Crippen LogP contribution is 2.38. The van der Waals surface area contributed by atoms with Gasteiger partial charge in [0.25, 0.3) is 5.91 Å². The monoisotopic (exact) mass is 331 g/mol. The highest BCUT2D eigenvalue weighted by atomic mass is 35.5. The molecule has 0 aliphatic carbocycles. The smallest absolute Gasteiger partial charge is 0.255 e. The molecule has 1 amide bonds. The first-order valence-corrected chi connectivity index (χ1v) is 7.91. The second kappa shape index (κ2) is 6.50. The van der Waals surface area contributed by atoms with E-state index in [2.05, 4.69) is 5.32 Å². The van der Waals surface area contributed by atoms with Crippen molar-refractivity contribution in [3.8, 4) is 11.5 Å². The maximum absolute atomic E-state index is 12.5. The molecule has 1 heterocycles. The Bertz CT molecular complexity index is 758. The largest absolute Gasteiger partial charge is 0.489 e. The maximum atomic E-state index is 12.5. The van der Waals surface area contributed by atoms with Gasteiger partial charge in [0.1, 0.15) is 0 Å². The van der Waals surface area contributed by atoms with Gasteiger partial charge in [-0.3, -0.25) is 4.79 Å². The topological polar surface area (TPSA) is 47.6 Å². The molecular weight excluding hydrogens is 314 g/mol. The van der Waals surface area contributed by atoms with Crippen molar-refractivity contribution in [2.24, 2.45) is 0 Å². The van der Waals surface area contributed by atoms with Gasteiger partial charge in [0.2, 0.25) is 0 Å². The van der Waals surface area contributed by atoms with Crippen LogP contribution in [-0.2, 0) is 0 Å². The summed E-state index contributed by atoms with van der Waals surface area (Å²) in [4.78, 5) is 12.5. The lowest BCUT2D eigenvalue weighted by Gasteiger charge is -2.13. The van der Waals surface area contributed by atoms with Crippen LogP contribution in [0.3, 0.4) is 0 Å². The maximum Gasteiger partial charge on any atom is 0.255 e. The van der Waals surface area contributed by atoms with E-state index in [-0.39, 0.29) is 5.91 Å². The number of halogens is 1. The summed E-state index contributed by atoms with van der Waals surface area (Å²) in [6.45, 7) is 5.09. The number of carbonyl (C=O) groups is 1. The predicted octanol–water partition coefficient (Wildman–Crippen LogP) is 4.37. The molecule has 0 radical (unpaired) electrons. The Hall–Kier alpha value is -2.20. The average Bonchev–Trinajstić information content (AvgIpc) is 2.77. The summed E-state index contributed by atoms with van der Waals surface area (Å²) in [7, 11) is 0. The molecule has 4 nitrogen and oxygen atoms in total. The van der Waals surface area contributed by atoms with E-state index in [1.807, 2.05) is 32.0 Å². The van der Waals surface area contributed by atoms with Gasteiger partial charge in [0.15, 0.2) is 11.5 Å². The van der Waals surface area contributed by atoms with Crippen LogP contribution in [0, 0.1) is 13.8 Å². The van der Waals surface area contributed by atoms with E-state index < -0.39 is 0 Å². The lowest BCUT2D eigenvalue weighted by atomic mass is 10.1. The highest BCUT2D eigenvalue weighted by molar-refractivity contribution is 6.32. The van der Waals surface area contributed by atoms with Crippen LogP contribution in [0.15, 0.2) is 30.3 Å². The number of carbonyl (C=O) groups excluding carboxylic acids is 1. The fourth-order valence-corrected chi connectivity index (χ4v) is 2.71. The summed E-state index contributed by atoms with van der Waals surface area (Å²) in [5.74, 6) is 0.796. The van der Waals surface area contributed by atoms with Crippen LogP contribution in [0.2, 0.25) is 5.02 Å². The molecule has 2 aromatic carbocycles. The van der Waals surface area contributed by atoms with Gasteiger partial charge in [-0.2, -0.15) is 0 Å². The molecule has 0 saturated carbocycles. The third-order valence-electron chi connectivity index (χ3n) is 3.92. The standard InChI is InChI=1S/C18H18ClNO3/c1-11-5-3-6-15(12(11)2)20-18(21)13-9-14(19)17-16(10-13)22-7-4-8-23-17/h3,5-6,9-10H,4,7-8H2,1-2H3,(H,20,21). The van der Waals surface area contributed by atoms with Gasteiger partial charge in [-0.25, -0.2) is 0 Å². The van der Waals surface area contributed by atoms with E-state index in [1.54, 1.807) is 12.1 Å². The number of rotatable bonds is 2. The normalized spacial score (nSPS) is 13.3. The molecule has 0 fully saturated rings. The van der Waals surface area contributed by atoms with Crippen molar-refractivity contribution in [1.29, 1.82) is 0 Å². The first-order chi connectivity index (χ1) is 11.1. The van der Waals surface area contributed by atoms with Crippen molar-refractivity contribution >= 4 is 23.2 Å². The Morgan fingerprint density at radius 2 is 1.96 bits per heavy atom. The van der Waals surface area contributed by atoms with Crippen molar-refractivity contribution < 1.29 is 14.3 Å². The minimum absolute atomic E-state index is 0.226. The van der Waals surface area contributed by atoms with Crippen LogP contribution in [0.5, 0.6) is 11.5 Å². The number of fused-ring (bicyclic) bond motifs is 1. The molecule has 1 N–H and O–H groups in total. The lowest BCUT2D eigenvalue weighted by Crippen LogP contribution is -2.13. The fraction of sp³-hybridized carbons (Fsp3) is 0.278. The van der Waals surface area contributed by atoms with Crippen LogP contribution in [0.1, 0.15) is 27.9 Å². The van der Waals surface area contributed by atoms with E-state index in [0.717, 1.165) is 23.2 Å². The van der Waals surface area contributed by atoms with Crippen LogP contribution in [0.4, 0.5) is 5.69 Å². The summed E-state index contributed by atoms with van der Waals surface area (Å²) >= 11 is 6.24. The zero-order chi connectivity index (χ0) is 16.4. The third kappa shape index (κ3) is 3.27. The number of benzene rings is 2. The summed E-state index contributed by atoms with van der Waals surface area (Å²) in [6.07, 6.45) is 0.787. The molecule has 5 heteroatoms. The van der Waals surface area contributed by atoms with E-state index in [4.69, 9.17) is 21.1 Å². The van der Waals surface area contributed by atoms with Gasteiger partial charge in [0, 0.05) is 17.7 Å². The van der Waals surface area contributed by atoms with Gasteiger partial charge in [0.05, 0.1) is 18.2 Å². The molecule has 0 saturated heterocycles. The number of hydrogen-bond donors (Lipinski definition) is 1. The van der Waals surface area contributed by atoms with E-state index in [0.29, 0.717) is 35.3 Å². The Kier molecular flexibility index (Phi) is 4.44. The molecule has 0 aromatic heterocycles. The van der Waals surface area contributed by atoms with E-state index in [1.165, 1.54) is 0 Å². The van der Waals surface area contributed by atoms with Gasteiger partial charge in [-0.1, -0.05) is 23.7 Å². The second-order valence-corrected chi connectivity index (χ2v) is 5.94. The predicted molar refractivity (Wildman–Crippen MR) is 90.9 cm³/mol. The molecule has 23 heavy (non-hydrogen) atoms. The SMILES string of the molecule is Cc1cccc(NC(=O)c2cc(Cl)c3c(c2)OCCCO3)c1C. The lowest BCUT2D eigenvalue weighted by molar-refractivity contribution is 0.102. The quantitative estimate of drug-likeness (QED) is 0.888. The molecule has 1 aliphatic rings. The average molecular weight is 332 g/mol. The number of amides is 1. The number of aryl methyl sites for hydroxylation is 1. The minimum Gasteiger partial charge on any atom is -0.489 e. The van der Waals surface area contributed by atoms with Crippen LogP contribution < -0.4 is 14.8 Å². The summed E-state index contributed by atoms with van der Waals surface area (Å²) < 4.78 is 11.2. The van der Waals surface area contributed by atoms with Crippen molar-refractivity contribution in [2.45, 2.75) is 20.3 Å². The number of nitrogens with one attached hydrogen (secondary N) is 1. The zero-order valence-electron chi connectivity index (χ0n) is 13.1. The Labute approximate surface area is 140 Å². The van der Waals surface area contributed by atoms with Gasteiger partial charge in [-0.05, 0) is 43.2 Å². The van der Waals surface area contributed by atoms with Crippen molar-refractivity contribution in [1.82, 2.24) is 0 Å². The Morgan fingerprint density at radius 3 is 2.78 bits per heavy atom. The Morgan fingerprint density at radius 1 is 1.17 bits per heavy atom. The molecule has 1 aliphatic heterocycles. The number of hydrogen-bond acceptors (Lipinski definition) is 3. The minimum atomic E-state index is -0.226. The third-order valence-corrected chi connectivity index (χ3v) is 4.20. The molecule has 0 unspecified atom stereocenters. The van der Waals surface area contributed by atoms with Gasteiger partial charge < -0.3 is 14.8 Å². The van der Waals surface area contributed by atoms with Crippen LogP contribution in [0.25, 0.3) is 0 Å². The summed E-state index contributed by atoms with van der Waals surface area (Å²) in [5.41, 5.74) is 3.40. The zero-order valence-corrected chi connectivity index (χ0v) is 13.9. The molecule has 0 atom stereocenters. The molecule has 0 spiro atoms. The van der Waals surface area contributed by atoms with Gasteiger partial charge in [-0.15, -0.1) is 0 Å². The summed E-state index contributed by atoms with van der Waals surface area (Å²) in [5, 5.41) is 3.31. The number of anilines is 1. The first-order valence-electron chi connectivity index (χ1n) is 7.53. The summed E-state index contributed by atoms with van der Waals surface area (Å²) in [6, 6.07) is 9.09. The fourth-order valence-electron chi connectivity index (χ4n) is 2.44. The van der Waals surface area contributed by atoms with E-state index >= 15 is 0 Å². The van der Waals surface area contributed by atoms with Crippen molar-refractivity contribution in [3.05, 3.63) is 52.0 Å². The van der Waals surface area contributed by atoms with Crippen LogP contribution in [-0.4, -0.2) is 19.1 Å². The molecule has 3 rings (SSSR count). The van der Waals surface area contributed by atoms with Gasteiger partial charge >= 0.3 is 0 Å². The van der Waals surface area contributed by atoms with Crippen molar-refractivity contribution in [2.75, 3.05) is 18.5 Å². The first kappa shape index (κ1) is 15.7. The second-order valence-electron chi connectivity index (χ2n) is 5.54. The molecular formula is C18H18ClNO3. The molecule has 2 aromatic rings. The highest BCUT2D eigenvalue weighted by Gasteiger charge is 2.19. The molecule has 0 bridgehead atoms. The number of ether oxygens (including phenoxy) is 2. The molecule has 120 valence electrons. The van der Waals surface area contributed by atoms with Crippen molar-refractivity contribution in [3.63, 3.8) is 0 Å². The van der Waals surface area contributed by atoms with Crippen LogP contribution >= 0.6 is 11.6 Å². The Balaban J connectivity index is 1.89.